The minimum Gasteiger partial charge on any atom is -0.496 e. The number of aromatic nitrogens is 1. The molecule has 0 unspecified atom stereocenters. The van der Waals surface area contributed by atoms with Crippen molar-refractivity contribution < 1.29 is 23.8 Å². The number of hydrogen-bond donors (Lipinski definition) is 1. The topological polar surface area (TPSA) is 90.0 Å². The molecule has 3 rings (SSSR count). The lowest BCUT2D eigenvalue weighted by Gasteiger charge is -2.34. The van der Waals surface area contributed by atoms with Gasteiger partial charge in [0.15, 0.2) is 0 Å². The fraction of sp³-hybridized carbons (Fsp3) is 0.560. The van der Waals surface area contributed by atoms with Crippen LogP contribution in [0, 0.1) is 5.41 Å². The summed E-state index contributed by atoms with van der Waals surface area (Å²) in [6.07, 6.45) is 1.58. The van der Waals surface area contributed by atoms with Gasteiger partial charge in [0.05, 0.1) is 13.7 Å². The van der Waals surface area contributed by atoms with Crippen LogP contribution in [0.5, 0.6) is 11.6 Å². The molecule has 0 aliphatic carbocycles. The van der Waals surface area contributed by atoms with Crippen LogP contribution in [0.15, 0.2) is 30.5 Å². The number of carbonyl (C=O) groups excluding carboxylic acids is 2. The highest BCUT2D eigenvalue weighted by Crippen LogP contribution is 2.32. The maximum atomic E-state index is 13.4. The zero-order chi connectivity index (χ0) is 24.4. The summed E-state index contributed by atoms with van der Waals surface area (Å²) < 4.78 is 17.0. The van der Waals surface area contributed by atoms with E-state index in [1.165, 1.54) is 0 Å². The number of nitrogens with one attached hydrogen (secondary N) is 1. The van der Waals surface area contributed by atoms with Crippen molar-refractivity contribution in [3.63, 3.8) is 0 Å². The molecule has 0 spiro atoms. The first-order valence-electron chi connectivity index (χ1n) is 11.3. The molecular weight excluding hydrogens is 422 g/mol. The molecule has 1 aliphatic heterocycles. The quantitative estimate of drug-likeness (QED) is 0.725. The van der Waals surface area contributed by atoms with Crippen molar-refractivity contribution in [3.8, 4) is 11.6 Å². The summed E-state index contributed by atoms with van der Waals surface area (Å²) in [7, 11) is 1.63. The number of rotatable bonds is 5. The molecule has 1 aliphatic rings. The molecule has 1 aromatic carbocycles. The average Bonchev–Trinajstić information content (AvgIpc) is 3.18. The van der Waals surface area contributed by atoms with Crippen LogP contribution >= 0.6 is 0 Å². The second kappa shape index (κ2) is 9.45. The van der Waals surface area contributed by atoms with Crippen LogP contribution in [0.3, 0.4) is 0 Å². The maximum absolute atomic E-state index is 13.4. The van der Waals surface area contributed by atoms with Crippen molar-refractivity contribution in [2.24, 2.45) is 5.41 Å². The molecule has 2 aromatic rings. The van der Waals surface area contributed by atoms with Crippen LogP contribution in [0.1, 0.15) is 48.0 Å². The van der Waals surface area contributed by atoms with Crippen molar-refractivity contribution >= 4 is 22.8 Å². The smallest absolute Gasteiger partial charge is 0.408 e. The number of nitrogens with zero attached hydrogens (tertiary/aromatic N) is 2. The van der Waals surface area contributed by atoms with Crippen molar-refractivity contribution in [1.82, 2.24) is 15.2 Å². The summed E-state index contributed by atoms with van der Waals surface area (Å²) in [6, 6.07) is 6.91. The van der Waals surface area contributed by atoms with Crippen molar-refractivity contribution in [2.45, 2.75) is 65.7 Å². The third kappa shape index (κ3) is 6.06. The van der Waals surface area contributed by atoms with Gasteiger partial charge in [-0.1, -0.05) is 26.8 Å². The molecule has 1 saturated heterocycles. The summed E-state index contributed by atoms with van der Waals surface area (Å²) in [5.74, 6) is 1.13. The molecule has 0 saturated carbocycles. The summed E-state index contributed by atoms with van der Waals surface area (Å²) in [6.45, 7) is 12.1. The van der Waals surface area contributed by atoms with Crippen molar-refractivity contribution in [3.05, 3.63) is 30.5 Å². The lowest BCUT2D eigenvalue weighted by molar-refractivity contribution is -0.135. The molecule has 2 heterocycles. The van der Waals surface area contributed by atoms with Crippen LogP contribution in [-0.4, -0.2) is 59.8 Å². The van der Waals surface area contributed by atoms with Crippen molar-refractivity contribution in [2.75, 3.05) is 20.2 Å². The predicted molar refractivity (Wildman–Crippen MR) is 127 cm³/mol. The number of benzene rings is 1. The Kier molecular flexibility index (Phi) is 7.05. The lowest BCUT2D eigenvalue weighted by Crippen LogP contribution is -2.55. The van der Waals surface area contributed by atoms with Crippen LogP contribution in [0.2, 0.25) is 0 Å². The average molecular weight is 458 g/mol. The molecule has 0 radical (unpaired) electrons. The summed E-state index contributed by atoms with van der Waals surface area (Å²) in [5.41, 5.74) is -1.13. The van der Waals surface area contributed by atoms with Crippen molar-refractivity contribution in [1.29, 1.82) is 0 Å². The van der Waals surface area contributed by atoms with Gasteiger partial charge in [-0.25, -0.2) is 9.78 Å². The first kappa shape index (κ1) is 24.6. The molecule has 2 atom stereocenters. The van der Waals surface area contributed by atoms with E-state index in [2.05, 4.69) is 10.3 Å². The minimum absolute atomic E-state index is 0.146. The Labute approximate surface area is 195 Å². The monoisotopic (exact) mass is 457 g/mol. The van der Waals surface area contributed by atoms with E-state index in [9.17, 15) is 9.59 Å². The molecule has 8 nitrogen and oxygen atoms in total. The number of fused-ring (bicyclic) bond motifs is 1. The highest BCUT2D eigenvalue weighted by Gasteiger charge is 2.39. The van der Waals surface area contributed by atoms with Gasteiger partial charge in [0.1, 0.15) is 23.5 Å². The second-order valence-corrected chi connectivity index (χ2v) is 10.4. The number of ether oxygens (including phenoxy) is 3. The molecule has 2 amide bonds. The summed E-state index contributed by atoms with van der Waals surface area (Å²) in [4.78, 5) is 31.9. The Morgan fingerprint density at radius 1 is 1.12 bits per heavy atom. The zero-order valence-corrected chi connectivity index (χ0v) is 20.6. The van der Waals surface area contributed by atoms with E-state index in [-0.39, 0.29) is 12.0 Å². The molecule has 1 aromatic heterocycles. The first-order chi connectivity index (χ1) is 15.4. The highest BCUT2D eigenvalue weighted by atomic mass is 16.6. The standard InChI is InChI=1S/C25H35N3O5/c1-24(2,3)20(27-23(30)33-25(4,5)6)22(29)28-14-12-16(15-28)32-21-18-9-8-10-19(31-7)17(18)11-13-26-21/h8-11,13,16,20H,12,14-15H2,1-7H3,(H,27,30)/t16-,20-/m1/s1. The Morgan fingerprint density at radius 2 is 1.85 bits per heavy atom. The normalized spacial score (nSPS) is 17.5. The SMILES string of the molecule is COc1cccc2c(O[C@@H]3CCN(C(=O)[C@@H](NC(=O)OC(C)(C)C)C(C)(C)C)C3)nccc12. The Balaban J connectivity index is 1.71. The van der Waals surface area contributed by atoms with Gasteiger partial charge in [-0.15, -0.1) is 0 Å². The number of likely N-dealkylation sites (tertiary alicyclic amines) is 1. The molecular formula is C25H35N3O5. The van der Waals surface area contributed by atoms with Gasteiger partial charge in [-0.05, 0) is 44.4 Å². The van der Waals surface area contributed by atoms with E-state index in [0.717, 1.165) is 16.5 Å². The molecule has 33 heavy (non-hydrogen) atoms. The predicted octanol–water partition coefficient (Wildman–Crippen LogP) is 4.16. The first-order valence-corrected chi connectivity index (χ1v) is 11.3. The number of carbonyl (C=O) groups is 2. The summed E-state index contributed by atoms with van der Waals surface area (Å²) in [5, 5.41) is 4.56. The number of pyridine rings is 1. The van der Waals surface area contributed by atoms with Gasteiger partial charge in [0.25, 0.3) is 0 Å². The second-order valence-electron chi connectivity index (χ2n) is 10.4. The van der Waals surface area contributed by atoms with Gasteiger partial charge in [-0.2, -0.15) is 0 Å². The van der Waals surface area contributed by atoms with Gasteiger partial charge < -0.3 is 24.4 Å². The van der Waals surface area contributed by atoms with E-state index in [4.69, 9.17) is 14.2 Å². The van der Waals surface area contributed by atoms with E-state index in [1.807, 2.05) is 45.0 Å². The fourth-order valence-electron chi connectivity index (χ4n) is 3.86. The Hall–Kier alpha value is -3.03. The van der Waals surface area contributed by atoms with Gasteiger partial charge in [-0.3, -0.25) is 4.79 Å². The maximum Gasteiger partial charge on any atom is 0.408 e. The number of amides is 2. The summed E-state index contributed by atoms with van der Waals surface area (Å²) >= 11 is 0. The molecule has 0 bridgehead atoms. The van der Waals surface area contributed by atoms with E-state index < -0.39 is 23.2 Å². The van der Waals surface area contributed by atoms with E-state index in [1.54, 1.807) is 39.0 Å². The highest BCUT2D eigenvalue weighted by molar-refractivity contribution is 5.91. The van der Waals surface area contributed by atoms with Crippen LogP contribution in [0.25, 0.3) is 10.8 Å². The third-order valence-corrected chi connectivity index (χ3v) is 5.46. The minimum atomic E-state index is -0.717. The van der Waals surface area contributed by atoms with Gasteiger partial charge in [0.2, 0.25) is 11.8 Å². The molecule has 1 N–H and O–H groups in total. The van der Waals surface area contributed by atoms with E-state index >= 15 is 0 Å². The Morgan fingerprint density at radius 3 is 2.48 bits per heavy atom. The van der Waals surface area contributed by atoms with Crippen LogP contribution in [-0.2, 0) is 9.53 Å². The van der Waals surface area contributed by atoms with E-state index in [0.29, 0.717) is 25.4 Å². The molecule has 8 heteroatoms. The molecule has 1 fully saturated rings. The van der Waals surface area contributed by atoms with Crippen LogP contribution in [0.4, 0.5) is 4.79 Å². The number of alkyl carbamates (subject to hydrolysis) is 1. The number of hydrogen-bond acceptors (Lipinski definition) is 6. The van der Waals surface area contributed by atoms with Gasteiger partial charge in [0, 0.05) is 29.9 Å². The van der Waals surface area contributed by atoms with Crippen LogP contribution < -0.4 is 14.8 Å². The largest absolute Gasteiger partial charge is 0.496 e. The number of methoxy groups -OCH3 is 1. The fourth-order valence-corrected chi connectivity index (χ4v) is 3.86. The third-order valence-electron chi connectivity index (χ3n) is 5.46. The van der Waals surface area contributed by atoms with Gasteiger partial charge >= 0.3 is 6.09 Å². The lowest BCUT2D eigenvalue weighted by atomic mass is 9.86. The molecule has 180 valence electrons. The Bertz CT molecular complexity index is 1010. The zero-order valence-electron chi connectivity index (χ0n) is 20.6.